The van der Waals surface area contributed by atoms with Gasteiger partial charge in [0.05, 0.1) is 24.0 Å². The smallest absolute Gasteiger partial charge is 0.200 e. The average molecular weight is 422 g/mol. The molecule has 1 N–H and O–H groups in total. The maximum atomic E-state index is 13.3. The Morgan fingerprint density at radius 1 is 1.06 bits per heavy atom. The molecule has 0 atom stereocenters. The van der Waals surface area contributed by atoms with Crippen LogP contribution in [0.3, 0.4) is 0 Å². The van der Waals surface area contributed by atoms with E-state index in [0.717, 1.165) is 32.7 Å². The monoisotopic (exact) mass is 422 g/mol. The summed E-state index contributed by atoms with van der Waals surface area (Å²) in [5.74, 6) is 1.21. The summed E-state index contributed by atoms with van der Waals surface area (Å²) in [4.78, 5) is 17.0. The predicted octanol–water partition coefficient (Wildman–Crippen LogP) is 1.03. The van der Waals surface area contributed by atoms with Crippen molar-refractivity contribution < 1.29 is 23.9 Å². The van der Waals surface area contributed by atoms with Crippen molar-refractivity contribution in [2.24, 2.45) is 0 Å². The van der Waals surface area contributed by atoms with Gasteiger partial charge in [0.1, 0.15) is 31.6 Å². The lowest BCUT2D eigenvalue weighted by molar-refractivity contribution is -0.918. The maximum Gasteiger partial charge on any atom is 0.200 e. The van der Waals surface area contributed by atoms with E-state index in [9.17, 15) is 9.90 Å². The molecule has 5 rings (SSSR count). The third kappa shape index (κ3) is 3.75. The first-order valence-electron chi connectivity index (χ1n) is 10.8. The van der Waals surface area contributed by atoms with Crippen molar-refractivity contribution in [3.8, 4) is 28.4 Å². The van der Waals surface area contributed by atoms with Crippen LogP contribution in [0.15, 0.2) is 45.8 Å². The summed E-state index contributed by atoms with van der Waals surface area (Å²) >= 11 is 0. The summed E-state index contributed by atoms with van der Waals surface area (Å²) < 4.78 is 17.1. The average Bonchev–Trinajstić information content (AvgIpc) is 2.81. The number of nitrogens with one attached hydrogen (secondary N) is 1. The number of hydrogen-bond donors (Lipinski definition) is 1. The molecule has 0 unspecified atom stereocenters. The molecule has 0 bridgehead atoms. The molecule has 0 amide bonds. The van der Waals surface area contributed by atoms with E-state index in [-0.39, 0.29) is 11.2 Å². The highest BCUT2D eigenvalue weighted by molar-refractivity contribution is 5.85. The molecule has 0 saturated carbocycles. The molecule has 0 radical (unpaired) electrons. The minimum atomic E-state index is -0.148. The van der Waals surface area contributed by atoms with Gasteiger partial charge in [0.25, 0.3) is 0 Å². The van der Waals surface area contributed by atoms with Gasteiger partial charge < -0.3 is 23.9 Å². The SMILES string of the molecule is CCN1CC[NH+](Cc2c([O-])ccc3c(=O)c(-c4ccc5c(c4)OCCO5)coc23)CC1. The molecule has 1 saturated heterocycles. The van der Waals surface area contributed by atoms with Gasteiger partial charge in [-0.05, 0) is 30.3 Å². The van der Waals surface area contributed by atoms with Crippen LogP contribution in [0.1, 0.15) is 12.5 Å². The van der Waals surface area contributed by atoms with Crippen LogP contribution in [0, 0.1) is 0 Å². The first-order chi connectivity index (χ1) is 15.1. The lowest BCUT2D eigenvalue weighted by Crippen LogP contribution is -3.13. The number of hydrogen-bond acceptors (Lipinski definition) is 6. The van der Waals surface area contributed by atoms with Gasteiger partial charge in [0.2, 0.25) is 5.43 Å². The minimum absolute atomic E-state index is 0.0758. The van der Waals surface area contributed by atoms with Crippen LogP contribution >= 0.6 is 0 Å². The molecule has 2 aliphatic rings. The summed E-state index contributed by atoms with van der Waals surface area (Å²) in [6, 6.07) is 8.50. The summed E-state index contributed by atoms with van der Waals surface area (Å²) in [6.07, 6.45) is 1.46. The lowest BCUT2D eigenvalue weighted by atomic mass is 10.0. The van der Waals surface area contributed by atoms with E-state index >= 15 is 0 Å². The Morgan fingerprint density at radius 2 is 1.84 bits per heavy atom. The molecular formula is C24H26N2O5. The number of piperazine rings is 1. The van der Waals surface area contributed by atoms with E-state index in [4.69, 9.17) is 13.9 Å². The molecule has 1 fully saturated rings. The highest BCUT2D eigenvalue weighted by Crippen LogP contribution is 2.34. The fraction of sp³-hybridized carbons (Fsp3) is 0.375. The van der Waals surface area contributed by atoms with Crippen LogP contribution in [-0.4, -0.2) is 50.8 Å². The molecule has 7 heteroatoms. The number of likely N-dealkylation sites (N-methyl/N-ethyl adjacent to an activating group) is 1. The summed E-state index contributed by atoms with van der Waals surface area (Å²) in [7, 11) is 0. The Bertz CT molecular complexity index is 1160. The van der Waals surface area contributed by atoms with Gasteiger partial charge in [-0.25, -0.2) is 0 Å². The van der Waals surface area contributed by atoms with Crippen molar-refractivity contribution in [3.05, 3.63) is 52.4 Å². The fourth-order valence-corrected chi connectivity index (χ4v) is 4.43. The van der Waals surface area contributed by atoms with Gasteiger partial charge in [0, 0.05) is 18.7 Å². The topological polar surface area (TPSA) is 79.4 Å². The second-order valence-corrected chi connectivity index (χ2v) is 8.12. The lowest BCUT2D eigenvalue weighted by Gasteiger charge is -2.32. The molecule has 0 aliphatic carbocycles. The van der Waals surface area contributed by atoms with Gasteiger partial charge in [0.15, 0.2) is 11.5 Å². The quantitative estimate of drug-likeness (QED) is 0.677. The van der Waals surface area contributed by atoms with E-state index in [0.29, 0.717) is 58.9 Å². The zero-order chi connectivity index (χ0) is 21.4. The highest BCUT2D eigenvalue weighted by atomic mass is 16.6. The van der Waals surface area contributed by atoms with Crippen molar-refractivity contribution >= 4 is 11.0 Å². The second kappa shape index (κ2) is 8.24. The van der Waals surface area contributed by atoms with Crippen molar-refractivity contribution in [1.82, 2.24) is 4.90 Å². The van der Waals surface area contributed by atoms with Crippen molar-refractivity contribution in [2.45, 2.75) is 13.5 Å². The highest BCUT2D eigenvalue weighted by Gasteiger charge is 2.22. The molecule has 3 aromatic rings. The first kappa shape index (κ1) is 19.9. The molecule has 2 aliphatic heterocycles. The molecule has 7 nitrogen and oxygen atoms in total. The van der Waals surface area contributed by atoms with Gasteiger partial charge in [-0.3, -0.25) is 9.69 Å². The van der Waals surface area contributed by atoms with E-state index in [1.165, 1.54) is 17.2 Å². The number of fused-ring (bicyclic) bond motifs is 2. The van der Waals surface area contributed by atoms with Gasteiger partial charge in [-0.15, -0.1) is 0 Å². The van der Waals surface area contributed by atoms with Crippen LogP contribution in [-0.2, 0) is 6.54 Å². The summed E-state index contributed by atoms with van der Waals surface area (Å²) in [6.45, 7) is 8.76. The molecule has 162 valence electrons. The summed E-state index contributed by atoms with van der Waals surface area (Å²) in [5.41, 5.74) is 1.99. The zero-order valence-corrected chi connectivity index (χ0v) is 17.6. The Balaban J connectivity index is 1.50. The number of ether oxygens (including phenoxy) is 2. The normalized spacial score (nSPS) is 17.2. The van der Waals surface area contributed by atoms with Crippen molar-refractivity contribution in [2.75, 3.05) is 45.9 Å². The molecule has 0 spiro atoms. The molecule has 1 aromatic heterocycles. The van der Waals surface area contributed by atoms with Crippen LogP contribution in [0.2, 0.25) is 0 Å². The van der Waals surface area contributed by atoms with Crippen LogP contribution in [0.4, 0.5) is 0 Å². The van der Waals surface area contributed by atoms with Crippen LogP contribution < -0.4 is 24.9 Å². The Hall–Kier alpha value is -3.03. The van der Waals surface area contributed by atoms with Crippen molar-refractivity contribution in [1.29, 1.82) is 0 Å². The Morgan fingerprint density at radius 3 is 2.61 bits per heavy atom. The van der Waals surface area contributed by atoms with Gasteiger partial charge in [-0.1, -0.05) is 24.8 Å². The maximum absolute atomic E-state index is 13.3. The largest absolute Gasteiger partial charge is 0.872 e. The van der Waals surface area contributed by atoms with E-state index in [1.807, 2.05) is 6.07 Å². The molecular weight excluding hydrogens is 396 g/mol. The summed E-state index contributed by atoms with van der Waals surface area (Å²) in [5, 5.41) is 13.1. The zero-order valence-electron chi connectivity index (χ0n) is 17.6. The van der Waals surface area contributed by atoms with E-state index in [1.54, 1.807) is 18.2 Å². The van der Waals surface area contributed by atoms with E-state index in [2.05, 4.69) is 11.8 Å². The molecule has 3 heterocycles. The van der Waals surface area contributed by atoms with Crippen molar-refractivity contribution in [3.63, 3.8) is 0 Å². The number of quaternary nitrogens is 1. The van der Waals surface area contributed by atoms with Gasteiger partial charge in [-0.2, -0.15) is 0 Å². The molecule has 31 heavy (non-hydrogen) atoms. The van der Waals surface area contributed by atoms with Crippen LogP contribution in [0.5, 0.6) is 17.2 Å². The number of rotatable bonds is 4. The number of benzene rings is 2. The fourth-order valence-electron chi connectivity index (χ4n) is 4.43. The Kier molecular flexibility index (Phi) is 5.29. The van der Waals surface area contributed by atoms with Gasteiger partial charge >= 0.3 is 0 Å². The third-order valence-corrected chi connectivity index (χ3v) is 6.29. The predicted molar refractivity (Wildman–Crippen MR) is 115 cm³/mol. The van der Waals surface area contributed by atoms with E-state index < -0.39 is 0 Å². The third-order valence-electron chi connectivity index (χ3n) is 6.29. The minimum Gasteiger partial charge on any atom is -0.872 e. The number of nitrogens with zero attached hydrogens (tertiary/aromatic N) is 1. The first-order valence-corrected chi connectivity index (χ1v) is 10.8. The Labute approximate surface area is 180 Å². The molecule has 2 aromatic carbocycles. The second-order valence-electron chi connectivity index (χ2n) is 8.12. The van der Waals surface area contributed by atoms with Crippen LogP contribution in [0.25, 0.3) is 22.1 Å². The standard InChI is InChI=1S/C24H26N2O5/c1-2-25-7-9-26(10-8-25)14-18-20(27)5-4-17-23(28)19(15-31-24(17)18)16-3-6-21-22(13-16)30-12-11-29-21/h3-6,13,15,27H,2,7-12,14H2,1H3.